The highest BCUT2D eigenvalue weighted by atomic mass is 127. The maximum absolute atomic E-state index is 12.3. The normalized spacial score (nSPS) is 10.4. The summed E-state index contributed by atoms with van der Waals surface area (Å²) < 4.78 is 11.7. The smallest absolute Gasteiger partial charge is 0.230 e. The molecule has 0 radical (unpaired) electrons. The summed E-state index contributed by atoms with van der Waals surface area (Å²) in [6, 6.07) is 13.5. The lowest BCUT2D eigenvalue weighted by Gasteiger charge is -2.09. The van der Waals surface area contributed by atoms with Gasteiger partial charge in [0.2, 0.25) is 5.91 Å². The van der Waals surface area contributed by atoms with E-state index in [-0.39, 0.29) is 12.3 Å². The summed E-state index contributed by atoms with van der Waals surface area (Å²) in [6.45, 7) is 0. The third-order valence-electron chi connectivity index (χ3n) is 3.70. The van der Waals surface area contributed by atoms with Crippen LogP contribution in [0.15, 0.2) is 47.8 Å². The summed E-state index contributed by atoms with van der Waals surface area (Å²) >= 11 is 3.68. The standard InChI is InChI=1S/C19H17IN2O3S/c1-24-16-8-3-12(9-17(16)25-2)10-18(23)22-19-21-15(11-26-19)13-4-6-14(20)7-5-13/h3-9,11H,10H2,1-2H3,(H,21,22,23). The molecule has 1 heterocycles. The van der Waals surface area contributed by atoms with Crippen LogP contribution in [0.2, 0.25) is 0 Å². The monoisotopic (exact) mass is 480 g/mol. The van der Waals surface area contributed by atoms with Crippen LogP contribution < -0.4 is 14.8 Å². The minimum Gasteiger partial charge on any atom is -0.493 e. The predicted molar refractivity (Wildman–Crippen MR) is 112 cm³/mol. The molecule has 0 bridgehead atoms. The highest BCUT2D eigenvalue weighted by molar-refractivity contribution is 14.1. The molecule has 26 heavy (non-hydrogen) atoms. The first-order valence-corrected chi connectivity index (χ1v) is 9.77. The molecule has 3 rings (SSSR count). The van der Waals surface area contributed by atoms with Crippen molar-refractivity contribution in [2.75, 3.05) is 19.5 Å². The number of carbonyl (C=O) groups excluding carboxylic acids is 1. The van der Waals surface area contributed by atoms with Crippen LogP contribution in [-0.2, 0) is 11.2 Å². The van der Waals surface area contributed by atoms with E-state index >= 15 is 0 Å². The largest absolute Gasteiger partial charge is 0.493 e. The van der Waals surface area contributed by atoms with E-state index < -0.39 is 0 Å². The number of anilines is 1. The molecule has 0 aliphatic heterocycles. The van der Waals surface area contributed by atoms with Gasteiger partial charge in [-0.15, -0.1) is 11.3 Å². The Bertz CT molecular complexity index is 909. The molecule has 1 aromatic heterocycles. The summed E-state index contributed by atoms with van der Waals surface area (Å²) in [5, 5.41) is 5.38. The van der Waals surface area contributed by atoms with Gasteiger partial charge in [0, 0.05) is 14.5 Å². The predicted octanol–water partition coefficient (Wildman–Crippen LogP) is 4.61. The van der Waals surface area contributed by atoms with E-state index in [1.165, 1.54) is 14.9 Å². The summed E-state index contributed by atoms with van der Waals surface area (Å²) in [4.78, 5) is 16.8. The second-order valence-corrected chi connectivity index (χ2v) is 7.56. The summed E-state index contributed by atoms with van der Waals surface area (Å²) in [7, 11) is 3.15. The molecule has 0 spiro atoms. The molecule has 7 heteroatoms. The molecule has 0 aliphatic carbocycles. The second kappa shape index (κ2) is 8.50. The van der Waals surface area contributed by atoms with Gasteiger partial charge in [0.15, 0.2) is 16.6 Å². The SMILES string of the molecule is COc1ccc(CC(=O)Nc2nc(-c3ccc(I)cc3)cs2)cc1OC. The number of benzene rings is 2. The van der Waals surface area contributed by atoms with Crippen molar-refractivity contribution in [2.24, 2.45) is 0 Å². The third kappa shape index (κ3) is 4.53. The van der Waals surface area contributed by atoms with Gasteiger partial charge in [-0.1, -0.05) is 18.2 Å². The van der Waals surface area contributed by atoms with Crippen molar-refractivity contribution in [3.8, 4) is 22.8 Å². The van der Waals surface area contributed by atoms with E-state index in [0.29, 0.717) is 16.6 Å². The van der Waals surface area contributed by atoms with E-state index in [1.54, 1.807) is 26.4 Å². The van der Waals surface area contributed by atoms with E-state index in [1.807, 2.05) is 35.7 Å². The van der Waals surface area contributed by atoms with Crippen molar-refractivity contribution in [3.63, 3.8) is 0 Å². The maximum atomic E-state index is 12.3. The number of aromatic nitrogens is 1. The molecular weight excluding hydrogens is 463 g/mol. The van der Waals surface area contributed by atoms with Crippen molar-refractivity contribution in [1.29, 1.82) is 0 Å². The van der Waals surface area contributed by atoms with Crippen molar-refractivity contribution in [3.05, 3.63) is 57.0 Å². The van der Waals surface area contributed by atoms with Crippen LogP contribution in [0, 0.1) is 3.57 Å². The van der Waals surface area contributed by atoms with Gasteiger partial charge in [-0.25, -0.2) is 4.98 Å². The highest BCUT2D eigenvalue weighted by Crippen LogP contribution is 2.28. The van der Waals surface area contributed by atoms with Crippen molar-refractivity contribution < 1.29 is 14.3 Å². The number of halogens is 1. The molecule has 3 aromatic rings. The van der Waals surface area contributed by atoms with E-state index in [4.69, 9.17) is 9.47 Å². The number of rotatable bonds is 6. The quantitative estimate of drug-likeness (QED) is 0.524. The van der Waals surface area contributed by atoms with Crippen molar-refractivity contribution in [1.82, 2.24) is 4.98 Å². The Labute approximate surface area is 169 Å². The summed E-state index contributed by atoms with van der Waals surface area (Å²) in [5.41, 5.74) is 2.73. The summed E-state index contributed by atoms with van der Waals surface area (Å²) in [5.74, 6) is 1.12. The molecule has 2 aromatic carbocycles. The highest BCUT2D eigenvalue weighted by Gasteiger charge is 2.11. The minimum atomic E-state index is -0.124. The Hall–Kier alpha value is -2.13. The third-order valence-corrected chi connectivity index (χ3v) is 5.18. The molecule has 1 N–H and O–H groups in total. The fourth-order valence-corrected chi connectivity index (χ4v) is 3.52. The number of nitrogens with one attached hydrogen (secondary N) is 1. The van der Waals surface area contributed by atoms with Gasteiger partial charge in [-0.2, -0.15) is 0 Å². The average molecular weight is 480 g/mol. The second-order valence-electron chi connectivity index (χ2n) is 5.46. The average Bonchev–Trinajstić information content (AvgIpc) is 3.10. The zero-order valence-electron chi connectivity index (χ0n) is 14.3. The van der Waals surface area contributed by atoms with Crippen molar-refractivity contribution >= 4 is 45.0 Å². The molecule has 0 fully saturated rings. The van der Waals surface area contributed by atoms with Gasteiger partial charge in [0.25, 0.3) is 0 Å². The number of methoxy groups -OCH3 is 2. The van der Waals surface area contributed by atoms with E-state index in [9.17, 15) is 4.79 Å². The fraction of sp³-hybridized carbons (Fsp3) is 0.158. The molecule has 0 atom stereocenters. The number of thiazole rings is 1. The van der Waals surface area contributed by atoms with E-state index in [2.05, 4.69) is 32.9 Å². The van der Waals surface area contributed by atoms with Gasteiger partial charge < -0.3 is 14.8 Å². The topological polar surface area (TPSA) is 60.5 Å². The number of nitrogens with zero attached hydrogens (tertiary/aromatic N) is 1. The zero-order chi connectivity index (χ0) is 18.5. The number of amides is 1. The van der Waals surface area contributed by atoms with Crippen LogP contribution in [0.25, 0.3) is 11.3 Å². The molecule has 5 nitrogen and oxygen atoms in total. The molecule has 1 amide bonds. The number of hydrogen-bond donors (Lipinski definition) is 1. The van der Waals surface area contributed by atoms with Gasteiger partial charge in [0.1, 0.15) is 0 Å². The first kappa shape index (κ1) is 18.7. The Kier molecular flexibility index (Phi) is 6.10. The van der Waals surface area contributed by atoms with Gasteiger partial charge in [-0.05, 0) is 52.4 Å². The van der Waals surface area contributed by atoms with Crippen LogP contribution in [0.5, 0.6) is 11.5 Å². The lowest BCUT2D eigenvalue weighted by atomic mass is 10.1. The van der Waals surface area contributed by atoms with Crippen LogP contribution in [0.1, 0.15) is 5.56 Å². The zero-order valence-corrected chi connectivity index (χ0v) is 17.3. The number of carbonyl (C=O) groups is 1. The summed E-state index contributed by atoms with van der Waals surface area (Å²) in [6.07, 6.45) is 0.235. The molecule has 0 saturated heterocycles. The molecule has 0 saturated carbocycles. The van der Waals surface area contributed by atoms with Crippen molar-refractivity contribution in [2.45, 2.75) is 6.42 Å². The minimum absolute atomic E-state index is 0.124. The van der Waals surface area contributed by atoms with Gasteiger partial charge in [0.05, 0.1) is 26.3 Å². The van der Waals surface area contributed by atoms with Gasteiger partial charge >= 0.3 is 0 Å². The van der Waals surface area contributed by atoms with Crippen LogP contribution >= 0.6 is 33.9 Å². The van der Waals surface area contributed by atoms with E-state index in [0.717, 1.165) is 16.8 Å². The Balaban J connectivity index is 1.66. The van der Waals surface area contributed by atoms with Crippen LogP contribution in [0.4, 0.5) is 5.13 Å². The Morgan fingerprint density at radius 1 is 1.12 bits per heavy atom. The maximum Gasteiger partial charge on any atom is 0.230 e. The molecule has 0 unspecified atom stereocenters. The number of hydrogen-bond acceptors (Lipinski definition) is 5. The lowest BCUT2D eigenvalue weighted by Crippen LogP contribution is -2.14. The Morgan fingerprint density at radius 3 is 2.54 bits per heavy atom. The molecular formula is C19H17IN2O3S. The first-order valence-electron chi connectivity index (χ1n) is 7.81. The Morgan fingerprint density at radius 2 is 1.85 bits per heavy atom. The van der Waals surface area contributed by atoms with Crippen LogP contribution in [0.3, 0.4) is 0 Å². The number of ether oxygens (including phenoxy) is 2. The van der Waals surface area contributed by atoms with Gasteiger partial charge in [-0.3, -0.25) is 4.79 Å². The van der Waals surface area contributed by atoms with Crippen LogP contribution in [-0.4, -0.2) is 25.1 Å². The fourth-order valence-electron chi connectivity index (χ4n) is 2.42. The molecule has 134 valence electrons. The molecule has 0 aliphatic rings. The lowest BCUT2D eigenvalue weighted by molar-refractivity contribution is -0.115. The first-order chi connectivity index (χ1) is 12.6.